The Labute approximate surface area is 132 Å². The summed E-state index contributed by atoms with van der Waals surface area (Å²) < 4.78 is 12.9. The van der Waals surface area contributed by atoms with E-state index in [4.69, 9.17) is 5.73 Å². The molecule has 1 aliphatic carbocycles. The molecule has 4 atom stereocenters. The van der Waals surface area contributed by atoms with Gasteiger partial charge in [-0.15, -0.1) is 0 Å². The van der Waals surface area contributed by atoms with Crippen LogP contribution in [0, 0.1) is 18.3 Å². The Hall–Kier alpha value is -0.670. The Morgan fingerprint density at radius 2 is 1.86 bits per heavy atom. The molecule has 0 radical (unpaired) electrons. The summed E-state index contributed by atoms with van der Waals surface area (Å²) in [6, 6.07) is 8.12. The highest BCUT2D eigenvalue weighted by atomic mass is 32.2. The van der Waals surface area contributed by atoms with Crippen molar-refractivity contribution in [2.45, 2.75) is 69.6 Å². The molecule has 3 heteroatoms. The highest BCUT2D eigenvalue weighted by molar-refractivity contribution is 7.85. The summed E-state index contributed by atoms with van der Waals surface area (Å²) in [5.41, 5.74) is 7.82. The first-order chi connectivity index (χ1) is 9.85. The lowest BCUT2D eigenvalue weighted by Crippen LogP contribution is -2.45. The molecule has 0 amide bonds. The first-order valence-corrected chi connectivity index (χ1v) is 9.29. The Morgan fingerprint density at radius 1 is 1.24 bits per heavy atom. The van der Waals surface area contributed by atoms with E-state index in [1.54, 1.807) is 0 Å². The standard InChI is InChI=1S/C18H29NOS/c1-5-18(3,4)14-8-11-16(19)17(12-14)21(20)15-9-6-13(2)7-10-15/h6-7,9-10,14,16-17H,5,8,11-12,19H2,1-4H3. The predicted octanol–water partition coefficient (Wildman–Crippen LogP) is 4.03. The zero-order valence-electron chi connectivity index (χ0n) is 13.8. The van der Waals surface area contributed by atoms with E-state index in [-0.39, 0.29) is 11.3 Å². The third kappa shape index (κ3) is 3.75. The number of benzene rings is 1. The van der Waals surface area contributed by atoms with Crippen molar-refractivity contribution in [3.8, 4) is 0 Å². The average Bonchev–Trinajstić information content (AvgIpc) is 2.47. The fourth-order valence-corrected chi connectivity index (χ4v) is 4.86. The number of hydrogen-bond acceptors (Lipinski definition) is 2. The highest BCUT2D eigenvalue weighted by Crippen LogP contribution is 2.42. The summed E-state index contributed by atoms with van der Waals surface area (Å²) in [5, 5.41) is 0.0947. The number of aryl methyl sites for hydroxylation is 1. The monoisotopic (exact) mass is 307 g/mol. The lowest BCUT2D eigenvalue weighted by molar-refractivity contribution is 0.147. The minimum Gasteiger partial charge on any atom is -0.327 e. The molecule has 0 bridgehead atoms. The van der Waals surface area contributed by atoms with Gasteiger partial charge in [0.15, 0.2) is 0 Å². The summed E-state index contributed by atoms with van der Waals surface area (Å²) in [7, 11) is -0.991. The maximum atomic E-state index is 12.9. The molecule has 0 saturated heterocycles. The second-order valence-electron chi connectivity index (χ2n) is 7.16. The predicted molar refractivity (Wildman–Crippen MR) is 90.8 cm³/mol. The van der Waals surface area contributed by atoms with Gasteiger partial charge in [-0.25, -0.2) is 0 Å². The van der Waals surface area contributed by atoms with Gasteiger partial charge in [-0.2, -0.15) is 0 Å². The molecule has 2 rings (SSSR count). The molecule has 118 valence electrons. The first kappa shape index (κ1) is 16.7. The second kappa shape index (κ2) is 6.62. The smallest absolute Gasteiger partial charge is 0.0576 e. The molecular formula is C18H29NOS. The molecule has 1 fully saturated rings. The first-order valence-electron chi connectivity index (χ1n) is 8.08. The van der Waals surface area contributed by atoms with E-state index in [1.807, 2.05) is 24.3 Å². The molecule has 21 heavy (non-hydrogen) atoms. The van der Waals surface area contributed by atoms with Crippen LogP contribution in [-0.4, -0.2) is 15.5 Å². The quantitative estimate of drug-likeness (QED) is 0.912. The molecule has 0 aliphatic heterocycles. The van der Waals surface area contributed by atoms with Crippen molar-refractivity contribution >= 4 is 10.8 Å². The van der Waals surface area contributed by atoms with Gasteiger partial charge < -0.3 is 5.73 Å². The van der Waals surface area contributed by atoms with E-state index < -0.39 is 10.8 Å². The third-order valence-corrected chi connectivity index (χ3v) is 7.22. The van der Waals surface area contributed by atoms with Crippen LogP contribution in [0.3, 0.4) is 0 Å². The molecule has 1 aliphatic rings. The van der Waals surface area contributed by atoms with Gasteiger partial charge in [-0.3, -0.25) is 4.21 Å². The Bertz CT molecular complexity index is 494. The van der Waals surface area contributed by atoms with Crippen LogP contribution in [0.25, 0.3) is 0 Å². The van der Waals surface area contributed by atoms with E-state index in [2.05, 4.69) is 27.7 Å². The maximum absolute atomic E-state index is 12.9. The van der Waals surface area contributed by atoms with Crippen LogP contribution in [0.1, 0.15) is 52.0 Å². The number of rotatable bonds is 4. The summed E-state index contributed by atoms with van der Waals surface area (Å²) >= 11 is 0. The van der Waals surface area contributed by atoms with Crippen LogP contribution in [-0.2, 0) is 10.8 Å². The SMILES string of the molecule is CCC(C)(C)C1CCC(N)C(S(=O)c2ccc(C)cc2)C1. The molecule has 1 aromatic carbocycles. The molecule has 0 heterocycles. The highest BCUT2D eigenvalue weighted by Gasteiger charge is 2.38. The molecule has 2 nitrogen and oxygen atoms in total. The maximum Gasteiger partial charge on any atom is 0.0576 e. The Kier molecular flexibility index (Phi) is 5.26. The molecule has 1 aromatic rings. The van der Waals surface area contributed by atoms with Crippen LogP contribution in [0.2, 0.25) is 0 Å². The summed E-state index contributed by atoms with van der Waals surface area (Å²) in [6.07, 6.45) is 4.32. The van der Waals surface area contributed by atoms with Gasteiger partial charge in [0.05, 0.1) is 16.0 Å². The molecule has 1 saturated carbocycles. The third-order valence-electron chi connectivity index (χ3n) is 5.39. The summed E-state index contributed by atoms with van der Waals surface area (Å²) in [5.74, 6) is 0.627. The van der Waals surface area contributed by atoms with Crippen LogP contribution in [0.5, 0.6) is 0 Å². The van der Waals surface area contributed by atoms with E-state index in [9.17, 15) is 4.21 Å². The van der Waals surface area contributed by atoms with Crippen molar-refractivity contribution in [1.29, 1.82) is 0 Å². The number of hydrogen-bond donors (Lipinski definition) is 1. The molecular weight excluding hydrogens is 278 g/mol. The molecule has 2 N–H and O–H groups in total. The van der Waals surface area contributed by atoms with E-state index in [0.29, 0.717) is 11.3 Å². The lowest BCUT2D eigenvalue weighted by Gasteiger charge is -2.41. The zero-order chi connectivity index (χ0) is 15.6. The van der Waals surface area contributed by atoms with Crippen molar-refractivity contribution in [2.75, 3.05) is 0 Å². The van der Waals surface area contributed by atoms with Crippen LogP contribution in [0.4, 0.5) is 0 Å². The molecule has 0 spiro atoms. The van der Waals surface area contributed by atoms with Gasteiger partial charge >= 0.3 is 0 Å². The zero-order valence-corrected chi connectivity index (χ0v) is 14.6. The van der Waals surface area contributed by atoms with Gasteiger partial charge in [-0.05, 0) is 49.7 Å². The van der Waals surface area contributed by atoms with Crippen LogP contribution in [0.15, 0.2) is 29.2 Å². The van der Waals surface area contributed by atoms with Crippen molar-refractivity contribution in [3.05, 3.63) is 29.8 Å². The van der Waals surface area contributed by atoms with E-state index >= 15 is 0 Å². The average molecular weight is 308 g/mol. The second-order valence-corrected chi connectivity index (χ2v) is 8.84. The van der Waals surface area contributed by atoms with E-state index in [1.165, 1.54) is 12.0 Å². The fourth-order valence-electron chi connectivity index (χ4n) is 3.24. The number of nitrogens with two attached hydrogens (primary N) is 1. The topological polar surface area (TPSA) is 43.1 Å². The van der Waals surface area contributed by atoms with Crippen molar-refractivity contribution in [1.82, 2.24) is 0 Å². The largest absolute Gasteiger partial charge is 0.327 e. The van der Waals surface area contributed by atoms with Crippen LogP contribution >= 0.6 is 0 Å². The van der Waals surface area contributed by atoms with Crippen molar-refractivity contribution < 1.29 is 4.21 Å². The van der Waals surface area contributed by atoms with Gasteiger partial charge in [0.25, 0.3) is 0 Å². The minimum absolute atomic E-state index is 0.0658. The lowest BCUT2D eigenvalue weighted by atomic mass is 9.69. The molecule has 0 aromatic heterocycles. The summed E-state index contributed by atoms with van der Waals surface area (Å²) in [4.78, 5) is 0.927. The fraction of sp³-hybridized carbons (Fsp3) is 0.667. The summed E-state index contributed by atoms with van der Waals surface area (Å²) in [6.45, 7) is 8.97. The minimum atomic E-state index is -0.991. The van der Waals surface area contributed by atoms with Gasteiger partial charge in [0.2, 0.25) is 0 Å². The van der Waals surface area contributed by atoms with E-state index in [0.717, 1.165) is 24.2 Å². The van der Waals surface area contributed by atoms with Gasteiger partial charge in [-0.1, -0.05) is 44.9 Å². The Balaban J connectivity index is 2.16. The molecule has 4 unspecified atom stereocenters. The van der Waals surface area contributed by atoms with Crippen molar-refractivity contribution in [3.63, 3.8) is 0 Å². The normalized spacial score (nSPS) is 28.3. The van der Waals surface area contributed by atoms with Crippen molar-refractivity contribution in [2.24, 2.45) is 17.1 Å². The van der Waals surface area contributed by atoms with Gasteiger partial charge in [0, 0.05) is 10.9 Å². The van der Waals surface area contributed by atoms with Gasteiger partial charge in [0.1, 0.15) is 0 Å². The Morgan fingerprint density at radius 3 is 2.43 bits per heavy atom. The van der Waals surface area contributed by atoms with Crippen LogP contribution < -0.4 is 5.73 Å².